The fourth-order valence-electron chi connectivity index (χ4n) is 3.52. The van der Waals surface area contributed by atoms with Crippen molar-refractivity contribution in [3.63, 3.8) is 0 Å². The predicted molar refractivity (Wildman–Crippen MR) is 112 cm³/mol. The fourth-order valence-corrected chi connectivity index (χ4v) is 6.18. The number of nitriles is 1. The third-order valence-electron chi connectivity index (χ3n) is 5.07. The Bertz CT molecular complexity index is 1080. The van der Waals surface area contributed by atoms with Crippen LogP contribution in [-0.2, 0) is 13.0 Å². The molecule has 3 heterocycles. The Balaban J connectivity index is 1.65. The summed E-state index contributed by atoms with van der Waals surface area (Å²) in [5.41, 5.74) is 1.72. The number of nitrogens with one attached hydrogen (secondary N) is 2. The van der Waals surface area contributed by atoms with Crippen molar-refractivity contribution in [1.82, 2.24) is 0 Å². The molecule has 0 spiro atoms. The molecule has 2 aromatic heterocycles. The second-order valence-electron chi connectivity index (χ2n) is 7.00. The zero-order valence-corrected chi connectivity index (χ0v) is 17.4. The summed E-state index contributed by atoms with van der Waals surface area (Å²) in [4.78, 5) is 16.1. The molecule has 0 saturated heterocycles. The summed E-state index contributed by atoms with van der Waals surface area (Å²) in [6.45, 7) is 6.36. The van der Waals surface area contributed by atoms with Crippen molar-refractivity contribution in [2.45, 2.75) is 32.9 Å². The van der Waals surface area contributed by atoms with Crippen molar-refractivity contribution < 1.29 is 9.69 Å². The highest BCUT2D eigenvalue weighted by Gasteiger charge is 2.29. The molecule has 7 heteroatoms. The molecule has 4 rings (SSSR count). The van der Waals surface area contributed by atoms with Crippen LogP contribution in [0.25, 0.3) is 10.1 Å². The lowest BCUT2D eigenvalue weighted by Crippen LogP contribution is -3.14. The van der Waals surface area contributed by atoms with Gasteiger partial charge in [0.05, 0.1) is 28.0 Å². The quantitative estimate of drug-likeness (QED) is 0.675. The third-order valence-corrected chi connectivity index (χ3v) is 7.89. The molecule has 27 heavy (non-hydrogen) atoms. The van der Waals surface area contributed by atoms with Gasteiger partial charge in [0, 0.05) is 16.5 Å². The third kappa shape index (κ3) is 3.26. The van der Waals surface area contributed by atoms with Crippen LogP contribution in [0.4, 0.5) is 5.00 Å². The van der Waals surface area contributed by atoms with Gasteiger partial charge in [-0.05, 0) is 25.5 Å². The molecule has 4 nitrogen and oxygen atoms in total. The van der Waals surface area contributed by atoms with Gasteiger partial charge < -0.3 is 10.2 Å². The van der Waals surface area contributed by atoms with Crippen molar-refractivity contribution in [3.05, 3.63) is 50.2 Å². The smallest absolute Gasteiger partial charge is 0.267 e. The first-order valence-electron chi connectivity index (χ1n) is 8.87. The summed E-state index contributed by atoms with van der Waals surface area (Å²) < 4.78 is 0.981. The molecular formula is C20H19ClN3OS2+. The van der Waals surface area contributed by atoms with Crippen LogP contribution in [0, 0.1) is 11.3 Å². The number of fused-ring (bicyclic) bond motifs is 2. The molecule has 0 bridgehead atoms. The summed E-state index contributed by atoms with van der Waals surface area (Å²) in [5.74, 6) is -0.246. The number of hydrogen-bond donors (Lipinski definition) is 2. The number of amides is 1. The largest absolute Gasteiger partial charge is 0.328 e. The van der Waals surface area contributed by atoms with Gasteiger partial charge in [-0.3, -0.25) is 4.79 Å². The predicted octanol–water partition coefficient (Wildman–Crippen LogP) is 4.09. The van der Waals surface area contributed by atoms with Crippen LogP contribution in [0.2, 0.25) is 5.02 Å². The molecule has 1 aliphatic heterocycles. The number of hydrogen-bond acceptors (Lipinski definition) is 4. The van der Waals surface area contributed by atoms with E-state index in [4.69, 9.17) is 11.6 Å². The van der Waals surface area contributed by atoms with E-state index in [1.165, 1.54) is 32.5 Å². The van der Waals surface area contributed by atoms with Gasteiger partial charge in [-0.2, -0.15) is 5.26 Å². The van der Waals surface area contributed by atoms with Crippen molar-refractivity contribution in [2.24, 2.45) is 0 Å². The minimum Gasteiger partial charge on any atom is -0.328 e. The van der Waals surface area contributed by atoms with Gasteiger partial charge in [0.15, 0.2) is 0 Å². The van der Waals surface area contributed by atoms with Crippen LogP contribution in [0.3, 0.4) is 0 Å². The molecule has 0 radical (unpaired) electrons. The van der Waals surface area contributed by atoms with E-state index in [0.717, 1.165) is 35.2 Å². The van der Waals surface area contributed by atoms with Gasteiger partial charge in [0.25, 0.3) is 5.91 Å². The number of benzene rings is 1. The highest BCUT2D eigenvalue weighted by molar-refractivity contribution is 7.22. The number of anilines is 1. The summed E-state index contributed by atoms with van der Waals surface area (Å²) in [7, 11) is 0. The molecule has 1 aliphatic rings. The van der Waals surface area contributed by atoms with Crippen molar-refractivity contribution in [2.75, 3.05) is 11.9 Å². The first-order valence-corrected chi connectivity index (χ1v) is 10.9. The molecule has 0 saturated carbocycles. The Morgan fingerprint density at radius 3 is 2.81 bits per heavy atom. The van der Waals surface area contributed by atoms with Crippen LogP contribution in [0.5, 0.6) is 0 Å². The zero-order chi connectivity index (χ0) is 19.1. The molecule has 1 aromatic carbocycles. The summed E-state index contributed by atoms with van der Waals surface area (Å²) in [5, 5.41) is 14.6. The highest BCUT2D eigenvalue weighted by Crippen LogP contribution is 2.38. The van der Waals surface area contributed by atoms with Gasteiger partial charge in [0.2, 0.25) is 0 Å². The van der Waals surface area contributed by atoms with Crippen LogP contribution >= 0.6 is 34.3 Å². The Morgan fingerprint density at radius 1 is 1.33 bits per heavy atom. The zero-order valence-electron chi connectivity index (χ0n) is 15.1. The second-order valence-corrected chi connectivity index (χ2v) is 9.54. The standard InChI is InChI=1S/C20H18ClN3OS2/c1-11(2)24-8-7-12-14(9-22)20(27-16(12)10-24)23-19(25)18-17(21)13-5-3-4-6-15(13)26-18/h3-6,11H,7-8,10H2,1-2H3,(H,23,25)/p+1. The first kappa shape index (κ1) is 18.5. The van der Waals surface area contributed by atoms with E-state index in [1.54, 1.807) is 0 Å². The lowest BCUT2D eigenvalue weighted by atomic mass is 10.0. The van der Waals surface area contributed by atoms with E-state index < -0.39 is 0 Å². The Morgan fingerprint density at radius 2 is 2.11 bits per heavy atom. The molecule has 1 amide bonds. The molecule has 2 N–H and O–H groups in total. The normalized spacial score (nSPS) is 16.3. The minimum absolute atomic E-state index is 0.246. The Labute approximate surface area is 171 Å². The van der Waals surface area contributed by atoms with Gasteiger partial charge in [0.1, 0.15) is 22.5 Å². The Kier molecular flexibility index (Phi) is 4.95. The van der Waals surface area contributed by atoms with Crippen LogP contribution in [-0.4, -0.2) is 18.5 Å². The van der Waals surface area contributed by atoms with E-state index >= 15 is 0 Å². The van der Waals surface area contributed by atoms with E-state index in [0.29, 0.717) is 26.5 Å². The molecule has 1 unspecified atom stereocenters. The second kappa shape index (κ2) is 7.25. The summed E-state index contributed by atoms with van der Waals surface area (Å²) >= 11 is 9.34. The maximum absolute atomic E-state index is 12.9. The Hall–Kier alpha value is -1.91. The molecule has 0 fully saturated rings. The number of rotatable bonds is 3. The molecule has 1 atom stereocenters. The number of carbonyl (C=O) groups is 1. The lowest BCUT2D eigenvalue weighted by Gasteiger charge is -2.27. The van der Waals surface area contributed by atoms with Gasteiger partial charge in [-0.25, -0.2) is 0 Å². The number of carbonyl (C=O) groups excluding carboxylic acids is 1. The van der Waals surface area contributed by atoms with Crippen LogP contribution < -0.4 is 10.2 Å². The highest BCUT2D eigenvalue weighted by atomic mass is 35.5. The van der Waals surface area contributed by atoms with Crippen molar-refractivity contribution in [1.29, 1.82) is 5.26 Å². The summed E-state index contributed by atoms with van der Waals surface area (Å²) in [6, 6.07) is 10.6. The molecule has 138 valence electrons. The maximum atomic E-state index is 12.9. The molecular weight excluding hydrogens is 398 g/mol. The average Bonchev–Trinajstić information content (AvgIpc) is 3.18. The lowest BCUT2D eigenvalue weighted by molar-refractivity contribution is -0.936. The SMILES string of the molecule is CC(C)[NH+]1CCc2c(sc(NC(=O)c3sc4ccccc4c3Cl)c2C#N)C1. The average molecular weight is 417 g/mol. The van der Waals surface area contributed by atoms with Gasteiger partial charge in [-0.15, -0.1) is 22.7 Å². The van der Waals surface area contributed by atoms with E-state index in [1.807, 2.05) is 24.3 Å². The molecule has 0 aliphatic carbocycles. The fraction of sp³-hybridized carbons (Fsp3) is 0.300. The summed E-state index contributed by atoms with van der Waals surface area (Å²) in [6.07, 6.45) is 0.877. The van der Waals surface area contributed by atoms with Gasteiger partial charge in [-0.1, -0.05) is 29.8 Å². The molecule has 3 aromatic rings. The van der Waals surface area contributed by atoms with E-state index in [-0.39, 0.29) is 5.91 Å². The first-order chi connectivity index (χ1) is 13.0. The van der Waals surface area contributed by atoms with Crippen molar-refractivity contribution >= 4 is 55.3 Å². The van der Waals surface area contributed by atoms with Crippen LogP contribution in [0.1, 0.15) is 39.5 Å². The number of thiophene rings is 2. The maximum Gasteiger partial charge on any atom is 0.267 e. The number of quaternary nitrogens is 1. The topological polar surface area (TPSA) is 57.3 Å². The van der Waals surface area contributed by atoms with E-state index in [9.17, 15) is 10.1 Å². The monoisotopic (exact) mass is 416 g/mol. The van der Waals surface area contributed by atoms with Gasteiger partial charge >= 0.3 is 0 Å². The van der Waals surface area contributed by atoms with E-state index in [2.05, 4.69) is 25.2 Å². The number of nitrogens with zero attached hydrogens (tertiary/aromatic N) is 1. The van der Waals surface area contributed by atoms with Crippen LogP contribution in [0.15, 0.2) is 24.3 Å². The minimum atomic E-state index is -0.246. The number of halogens is 1. The van der Waals surface area contributed by atoms with Crippen molar-refractivity contribution in [3.8, 4) is 6.07 Å².